The average Bonchev–Trinajstić information content (AvgIpc) is 2.34. The number of hydrogen-bond donors (Lipinski definition) is 0. The maximum Gasteiger partial charge on any atom is 0.331 e. The Morgan fingerprint density at radius 2 is 1.94 bits per heavy atom. The van der Waals surface area contributed by atoms with Gasteiger partial charge in [-0.05, 0) is 46.9 Å². The van der Waals surface area contributed by atoms with Gasteiger partial charge in [-0.2, -0.15) is 0 Å². The molecule has 1 aromatic carbocycles. The maximum atomic E-state index is 10.8. The van der Waals surface area contributed by atoms with Gasteiger partial charge in [0.2, 0.25) is 5.75 Å². The molecule has 0 aliphatic rings. The summed E-state index contributed by atoms with van der Waals surface area (Å²) in [5.74, 6) is 0.476. The van der Waals surface area contributed by atoms with Crippen LogP contribution in [0.4, 0.5) is 5.69 Å². The summed E-state index contributed by atoms with van der Waals surface area (Å²) < 4.78 is 6.48. The van der Waals surface area contributed by atoms with Crippen molar-refractivity contribution in [3.63, 3.8) is 0 Å². The van der Waals surface area contributed by atoms with E-state index in [1.807, 2.05) is 12.1 Å². The van der Waals surface area contributed by atoms with Crippen molar-refractivity contribution < 1.29 is 9.66 Å². The third-order valence-electron chi connectivity index (χ3n) is 2.06. The third-order valence-corrected chi connectivity index (χ3v) is 3.05. The molecule has 18 heavy (non-hydrogen) atoms. The molecule has 1 heterocycles. The van der Waals surface area contributed by atoms with Crippen LogP contribution in [0.15, 0.2) is 36.7 Å². The third kappa shape index (κ3) is 2.88. The second-order valence-electron chi connectivity index (χ2n) is 3.28. The predicted molar refractivity (Wildman–Crippen MR) is 75.1 cm³/mol. The molecular weight excluding hydrogens is 370 g/mol. The molecule has 0 radical (unpaired) electrons. The fraction of sp³-hybridized carbons (Fsp3) is 0. The van der Waals surface area contributed by atoms with Crippen molar-refractivity contribution in [3.05, 3.63) is 55.4 Å². The summed E-state index contributed by atoms with van der Waals surface area (Å²) >= 11 is 8.01. The first-order chi connectivity index (χ1) is 8.58. The van der Waals surface area contributed by atoms with Crippen LogP contribution in [0, 0.1) is 13.7 Å². The molecule has 5 nitrogen and oxygen atoms in total. The molecule has 0 fully saturated rings. The summed E-state index contributed by atoms with van der Waals surface area (Å²) in [4.78, 5) is 13.9. The molecule has 2 rings (SSSR count). The zero-order valence-corrected chi connectivity index (χ0v) is 11.8. The largest absolute Gasteiger partial charge is 0.448 e. The lowest BCUT2D eigenvalue weighted by molar-refractivity contribution is -0.385. The summed E-state index contributed by atoms with van der Waals surface area (Å²) in [7, 11) is 0. The van der Waals surface area contributed by atoms with Gasteiger partial charge in [0.25, 0.3) is 0 Å². The van der Waals surface area contributed by atoms with E-state index in [4.69, 9.17) is 16.3 Å². The molecule has 0 spiro atoms. The zero-order valence-electron chi connectivity index (χ0n) is 8.84. The minimum Gasteiger partial charge on any atom is -0.448 e. The Bertz CT molecular complexity index is 589. The standard InChI is InChI=1S/C11H6ClIN2O3/c12-9-5-14-6-10(15(16)17)11(9)18-8-3-1-7(13)2-4-8/h1-6H. The monoisotopic (exact) mass is 376 g/mol. The second-order valence-corrected chi connectivity index (χ2v) is 4.94. The SMILES string of the molecule is O=[N+]([O-])c1cncc(Cl)c1Oc1ccc(I)cc1. The van der Waals surface area contributed by atoms with E-state index in [9.17, 15) is 10.1 Å². The summed E-state index contributed by atoms with van der Waals surface area (Å²) in [5.41, 5.74) is -0.263. The first-order valence-corrected chi connectivity index (χ1v) is 6.25. The first-order valence-electron chi connectivity index (χ1n) is 4.79. The van der Waals surface area contributed by atoms with Crippen LogP contribution in [0.3, 0.4) is 0 Å². The maximum absolute atomic E-state index is 10.8. The van der Waals surface area contributed by atoms with Gasteiger partial charge in [-0.15, -0.1) is 0 Å². The molecule has 0 amide bonds. The van der Waals surface area contributed by atoms with E-state index in [0.717, 1.165) is 9.77 Å². The van der Waals surface area contributed by atoms with Crippen LogP contribution < -0.4 is 4.74 Å². The smallest absolute Gasteiger partial charge is 0.331 e. The molecular formula is C11H6ClIN2O3. The van der Waals surface area contributed by atoms with E-state index >= 15 is 0 Å². The highest BCUT2D eigenvalue weighted by molar-refractivity contribution is 14.1. The van der Waals surface area contributed by atoms with Gasteiger partial charge in [-0.25, -0.2) is 0 Å². The van der Waals surface area contributed by atoms with Crippen LogP contribution in [-0.2, 0) is 0 Å². The molecule has 0 bridgehead atoms. The molecule has 0 aliphatic heterocycles. The number of hydrogen-bond acceptors (Lipinski definition) is 4. The predicted octanol–water partition coefficient (Wildman–Crippen LogP) is 4.04. The Morgan fingerprint density at radius 1 is 1.28 bits per heavy atom. The van der Waals surface area contributed by atoms with Gasteiger partial charge in [0, 0.05) is 9.77 Å². The topological polar surface area (TPSA) is 65.3 Å². The molecule has 2 aromatic rings. The van der Waals surface area contributed by atoms with Crippen LogP contribution in [0.1, 0.15) is 0 Å². The molecule has 0 N–H and O–H groups in total. The van der Waals surface area contributed by atoms with Crippen molar-refractivity contribution in [3.8, 4) is 11.5 Å². The highest BCUT2D eigenvalue weighted by atomic mass is 127. The van der Waals surface area contributed by atoms with Crippen LogP contribution >= 0.6 is 34.2 Å². The second kappa shape index (κ2) is 5.49. The number of rotatable bonds is 3. The van der Waals surface area contributed by atoms with Crippen molar-refractivity contribution in [1.29, 1.82) is 0 Å². The Morgan fingerprint density at radius 3 is 2.56 bits per heavy atom. The number of halogens is 2. The zero-order chi connectivity index (χ0) is 13.1. The number of ether oxygens (including phenoxy) is 1. The van der Waals surface area contributed by atoms with Gasteiger partial charge in [0.15, 0.2) is 0 Å². The lowest BCUT2D eigenvalue weighted by Gasteiger charge is -2.07. The highest BCUT2D eigenvalue weighted by Gasteiger charge is 2.19. The summed E-state index contributed by atoms with van der Waals surface area (Å²) in [6.45, 7) is 0. The van der Waals surface area contributed by atoms with Gasteiger partial charge < -0.3 is 4.74 Å². The van der Waals surface area contributed by atoms with E-state index < -0.39 is 4.92 Å². The molecule has 0 unspecified atom stereocenters. The van der Waals surface area contributed by atoms with E-state index in [1.54, 1.807) is 12.1 Å². The Kier molecular flexibility index (Phi) is 3.97. The van der Waals surface area contributed by atoms with Crippen LogP contribution in [0.25, 0.3) is 0 Å². The minimum absolute atomic E-state index is 0.00197. The molecule has 1 aromatic heterocycles. The first kappa shape index (κ1) is 13.0. The van der Waals surface area contributed by atoms with Gasteiger partial charge >= 0.3 is 5.69 Å². The summed E-state index contributed by atoms with van der Waals surface area (Å²) in [6, 6.07) is 7.08. The number of pyridine rings is 1. The lowest BCUT2D eigenvalue weighted by atomic mass is 10.3. The molecule has 92 valence electrons. The number of nitrogens with zero attached hydrogens (tertiary/aromatic N) is 2. The van der Waals surface area contributed by atoms with Crippen molar-refractivity contribution in [1.82, 2.24) is 4.98 Å². The Labute approximate surface area is 121 Å². The lowest BCUT2D eigenvalue weighted by Crippen LogP contribution is -1.95. The molecule has 0 saturated carbocycles. The van der Waals surface area contributed by atoms with Crippen molar-refractivity contribution >= 4 is 39.9 Å². The minimum atomic E-state index is -0.582. The quantitative estimate of drug-likeness (QED) is 0.461. The Balaban J connectivity index is 2.39. The van der Waals surface area contributed by atoms with Gasteiger partial charge in [-0.1, -0.05) is 11.6 Å². The molecule has 0 saturated heterocycles. The van der Waals surface area contributed by atoms with Crippen LogP contribution in [0.5, 0.6) is 11.5 Å². The van der Waals surface area contributed by atoms with E-state index in [2.05, 4.69) is 27.6 Å². The number of nitro groups is 1. The molecule has 0 atom stereocenters. The number of benzene rings is 1. The van der Waals surface area contributed by atoms with Crippen LogP contribution in [0.2, 0.25) is 5.02 Å². The van der Waals surface area contributed by atoms with Crippen molar-refractivity contribution in [2.45, 2.75) is 0 Å². The van der Waals surface area contributed by atoms with Crippen LogP contribution in [-0.4, -0.2) is 9.91 Å². The molecule has 7 heteroatoms. The summed E-state index contributed by atoms with van der Waals surface area (Å²) in [5, 5.41) is 10.9. The van der Waals surface area contributed by atoms with E-state index in [1.165, 1.54) is 6.20 Å². The fourth-order valence-electron chi connectivity index (χ4n) is 1.26. The average molecular weight is 377 g/mol. The molecule has 0 aliphatic carbocycles. The normalized spacial score (nSPS) is 10.1. The Hall–Kier alpha value is -1.41. The van der Waals surface area contributed by atoms with E-state index in [-0.39, 0.29) is 16.5 Å². The van der Waals surface area contributed by atoms with Gasteiger partial charge in [0.05, 0.1) is 4.92 Å². The number of aromatic nitrogens is 1. The van der Waals surface area contributed by atoms with Crippen molar-refractivity contribution in [2.75, 3.05) is 0 Å². The summed E-state index contributed by atoms with van der Waals surface area (Å²) in [6.07, 6.45) is 2.41. The van der Waals surface area contributed by atoms with Gasteiger partial charge in [-0.3, -0.25) is 15.1 Å². The fourth-order valence-corrected chi connectivity index (χ4v) is 1.82. The van der Waals surface area contributed by atoms with Gasteiger partial charge in [0.1, 0.15) is 17.0 Å². The van der Waals surface area contributed by atoms with E-state index in [0.29, 0.717) is 5.75 Å². The highest BCUT2D eigenvalue weighted by Crippen LogP contribution is 2.36. The van der Waals surface area contributed by atoms with Crippen molar-refractivity contribution in [2.24, 2.45) is 0 Å².